The minimum absolute atomic E-state index is 0.0755. The number of Topliss-reactive ketones (excluding diaryl/α,β-unsaturated/α-hetero) is 1. The maximum absolute atomic E-state index is 13.8. The van der Waals surface area contributed by atoms with Crippen molar-refractivity contribution in [1.82, 2.24) is 0 Å². The van der Waals surface area contributed by atoms with Crippen molar-refractivity contribution in [2.75, 3.05) is 26.6 Å². The van der Waals surface area contributed by atoms with Crippen LogP contribution in [0.15, 0.2) is 71.7 Å². The fourth-order valence-corrected chi connectivity index (χ4v) is 5.05. The van der Waals surface area contributed by atoms with Gasteiger partial charge in [0.1, 0.15) is 23.0 Å². The van der Waals surface area contributed by atoms with Crippen LogP contribution in [0, 0.1) is 5.92 Å². The summed E-state index contributed by atoms with van der Waals surface area (Å²) in [5.41, 5.74) is 4.64. The summed E-state index contributed by atoms with van der Waals surface area (Å²) in [6.07, 6.45) is 1.17. The smallest absolute Gasteiger partial charge is 0.144 e. The van der Waals surface area contributed by atoms with E-state index in [-0.39, 0.29) is 17.7 Å². The summed E-state index contributed by atoms with van der Waals surface area (Å²) in [6.45, 7) is 0. The Bertz CT molecular complexity index is 1240. The number of aliphatic imine (C=N–C) groups is 1. The number of methoxy groups -OCH3 is 3. The highest BCUT2D eigenvalue weighted by Gasteiger charge is 2.42. The van der Waals surface area contributed by atoms with E-state index in [0.717, 1.165) is 34.0 Å². The Morgan fingerprint density at radius 3 is 2.32 bits per heavy atom. The molecule has 1 fully saturated rings. The van der Waals surface area contributed by atoms with Crippen LogP contribution in [-0.4, -0.2) is 32.8 Å². The molecule has 34 heavy (non-hydrogen) atoms. The highest BCUT2D eigenvalue weighted by atomic mass is 16.5. The number of hydrogen-bond acceptors (Lipinski definition) is 6. The molecular weight excluding hydrogens is 428 g/mol. The van der Waals surface area contributed by atoms with Crippen LogP contribution < -0.4 is 19.5 Å². The van der Waals surface area contributed by atoms with E-state index >= 15 is 0 Å². The summed E-state index contributed by atoms with van der Waals surface area (Å²) in [5, 5.41) is 3.61. The lowest BCUT2D eigenvalue weighted by atomic mass is 9.72. The largest absolute Gasteiger partial charge is 0.497 e. The van der Waals surface area contributed by atoms with E-state index in [4.69, 9.17) is 19.2 Å². The van der Waals surface area contributed by atoms with Gasteiger partial charge in [-0.15, -0.1) is 0 Å². The first-order valence-corrected chi connectivity index (χ1v) is 11.4. The van der Waals surface area contributed by atoms with Crippen LogP contribution >= 0.6 is 0 Å². The lowest BCUT2D eigenvalue weighted by molar-refractivity contribution is -0.122. The number of carbonyl (C=O) groups excluding carboxylic acids is 1. The predicted molar refractivity (Wildman–Crippen MR) is 133 cm³/mol. The summed E-state index contributed by atoms with van der Waals surface area (Å²) >= 11 is 0. The first kappa shape index (κ1) is 22.0. The van der Waals surface area contributed by atoms with Crippen molar-refractivity contribution >= 4 is 22.9 Å². The quantitative estimate of drug-likeness (QED) is 0.532. The van der Waals surface area contributed by atoms with Crippen molar-refractivity contribution in [2.45, 2.75) is 24.8 Å². The van der Waals surface area contributed by atoms with Crippen molar-refractivity contribution in [3.05, 3.63) is 77.9 Å². The van der Waals surface area contributed by atoms with Crippen LogP contribution in [0.2, 0.25) is 0 Å². The number of carbonyl (C=O) groups is 1. The molecule has 0 saturated heterocycles. The van der Waals surface area contributed by atoms with Crippen LogP contribution in [0.1, 0.15) is 35.9 Å². The molecule has 0 bridgehead atoms. The molecule has 1 saturated carbocycles. The van der Waals surface area contributed by atoms with E-state index in [1.165, 1.54) is 0 Å². The van der Waals surface area contributed by atoms with Crippen LogP contribution in [-0.2, 0) is 4.79 Å². The highest BCUT2D eigenvalue weighted by molar-refractivity contribution is 6.11. The zero-order valence-corrected chi connectivity index (χ0v) is 19.6. The van der Waals surface area contributed by atoms with Gasteiger partial charge in [0.25, 0.3) is 0 Å². The third-order valence-corrected chi connectivity index (χ3v) is 6.78. The van der Waals surface area contributed by atoms with Crippen molar-refractivity contribution < 1.29 is 19.0 Å². The number of ether oxygens (including phenoxy) is 3. The molecule has 0 radical (unpaired) electrons. The summed E-state index contributed by atoms with van der Waals surface area (Å²) in [6, 6.07) is 21.3. The van der Waals surface area contributed by atoms with Gasteiger partial charge in [-0.25, -0.2) is 0 Å². The van der Waals surface area contributed by atoms with Gasteiger partial charge >= 0.3 is 0 Å². The summed E-state index contributed by atoms with van der Waals surface area (Å²) in [5.74, 6) is 2.07. The molecule has 6 nitrogen and oxygen atoms in total. The van der Waals surface area contributed by atoms with Crippen molar-refractivity contribution in [3.8, 4) is 17.2 Å². The third kappa shape index (κ3) is 4.00. The van der Waals surface area contributed by atoms with E-state index in [1.54, 1.807) is 21.3 Å². The first-order chi connectivity index (χ1) is 16.6. The molecule has 3 atom stereocenters. The number of nitrogens with one attached hydrogen (secondary N) is 1. The van der Waals surface area contributed by atoms with Gasteiger partial charge in [0.15, 0.2) is 0 Å². The topological polar surface area (TPSA) is 69.2 Å². The molecule has 1 aliphatic carbocycles. The first-order valence-electron chi connectivity index (χ1n) is 11.4. The van der Waals surface area contributed by atoms with Gasteiger partial charge in [-0.1, -0.05) is 24.3 Å². The Hall–Kier alpha value is -3.80. The van der Waals surface area contributed by atoms with Crippen molar-refractivity contribution in [1.29, 1.82) is 0 Å². The molecule has 3 aromatic carbocycles. The molecule has 1 heterocycles. The van der Waals surface area contributed by atoms with Gasteiger partial charge in [0, 0.05) is 17.7 Å². The number of rotatable bonds is 5. The standard InChI is InChI=1S/C28H28N2O4/c1-32-19-10-8-17(9-11-19)18-14-24-27(25(31)15-18)28(30-23-7-5-4-6-22(23)29-24)21-16-20(33-2)12-13-26(21)34-3/h4-13,16,18,27-28,30H,14-15H2,1-3H3. The molecule has 0 aromatic heterocycles. The number of para-hydroxylation sites is 2. The average molecular weight is 457 g/mol. The number of hydrogen-bond donors (Lipinski definition) is 1. The Balaban J connectivity index is 1.59. The second-order valence-electron chi connectivity index (χ2n) is 8.67. The molecule has 1 N–H and O–H groups in total. The normalized spacial score (nSPS) is 21.3. The number of ketones is 1. The maximum Gasteiger partial charge on any atom is 0.144 e. The average Bonchev–Trinajstić information content (AvgIpc) is 3.05. The fourth-order valence-electron chi connectivity index (χ4n) is 5.05. The van der Waals surface area contributed by atoms with E-state index in [1.807, 2.05) is 66.7 Å². The second kappa shape index (κ2) is 9.21. The Morgan fingerprint density at radius 2 is 1.59 bits per heavy atom. The molecule has 0 amide bonds. The predicted octanol–water partition coefficient (Wildman–Crippen LogP) is 5.71. The zero-order valence-electron chi connectivity index (χ0n) is 19.6. The molecule has 1 aliphatic heterocycles. The van der Waals surface area contributed by atoms with Gasteiger partial charge in [-0.05, 0) is 60.4 Å². The molecule has 6 heteroatoms. The molecule has 3 aromatic rings. The van der Waals surface area contributed by atoms with Crippen LogP contribution in [0.25, 0.3) is 0 Å². The third-order valence-electron chi connectivity index (χ3n) is 6.78. The van der Waals surface area contributed by atoms with Crippen molar-refractivity contribution in [2.24, 2.45) is 10.9 Å². The molecule has 3 unspecified atom stereocenters. The number of fused-ring (bicyclic) bond motifs is 2. The molecular formula is C28H28N2O4. The van der Waals surface area contributed by atoms with Gasteiger partial charge in [0.05, 0.1) is 44.7 Å². The highest BCUT2D eigenvalue weighted by Crippen LogP contribution is 2.46. The van der Waals surface area contributed by atoms with Gasteiger partial charge in [-0.3, -0.25) is 9.79 Å². The summed E-state index contributed by atoms with van der Waals surface area (Å²) < 4.78 is 16.5. The zero-order chi connectivity index (χ0) is 23.7. The van der Waals surface area contributed by atoms with Crippen LogP contribution in [0.5, 0.6) is 17.2 Å². The summed E-state index contributed by atoms with van der Waals surface area (Å²) in [4.78, 5) is 18.8. The SMILES string of the molecule is COc1ccc(C2CC(=O)C3C(=Nc4ccccc4NC3c3cc(OC)ccc3OC)C2)cc1. The Labute approximate surface area is 199 Å². The Kier molecular flexibility index (Phi) is 5.97. The number of anilines is 1. The van der Waals surface area contributed by atoms with E-state index in [0.29, 0.717) is 24.3 Å². The molecule has 5 rings (SSSR count). The second-order valence-corrected chi connectivity index (χ2v) is 8.67. The van der Waals surface area contributed by atoms with E-state index < -0.39 is 5.92 Å². The van der Waals surface area contributed by atoms with Gasteiger partial charge in [-0.2, -0.15) is 0 Å². The monoisotopic (exact) mass is 456 g/mol. The molecule has 174 valence electrons. The molecule has 0 spiro atoms. The van der Waals surface area contributed by atoms with Gasteiger partial charge in [0.2, 0.25) is 0 Å². The lowest BCUT2D eigenvalue weighted by Crippen LogP contribution is -2.38. The lowest BCUT2D eigenvalue weighted by Gasteiger charge is -2.34. The van der Waals surface area contributed by atoms with E-state index in [2.05, 4.69) is 5.32 Å². The minimum atomic E-state index is -0.400. The van der Waals surface area contributed by atoms with Crippen molar-refractivity contribution in [3.63, 3.8) is 0 Å². The number of nitrogens with zero attached hydrogens (tertiary/aromatic N) is 1. The Morgan fingerprint density at radius 1 is 0.853 bits per heavy atom. The van der Waals surface area contributed by atoms with Gasteiger partial charge < -0.3 is 19.5 Å². The number of benzene rings is 3. The van der Waals surface area contributed by atoms with Crippen LogP contribution in [0.4, 0.5) is 11.4 Å². The van der Waals surface area contributed by atoms with E-state index in [9.17, 15) is 4.79 Å². The van der Waals surface area contributed by atoms with Crippen LogP contribution in [0.3, 0.4) is 0 Å². The maximum atomic E-state index is 13.8. The molecule has 2 aliphatic rings. The minimum Gasteiger partial charge on any atom is -0.497 e. The summed E-state index contributed by atoms with van der Waals surface area (Å²) in [7, 11) is 4.94. The fraction of sp³-hybridized carbons (Fsp3) is 0.286.